The molecule has 1 aromatic heterocycles. The molecule has 136 valence electrons. The molecule has 3 rings (SSSR count). The van der Waals surface area contributed by atoms with Gasteiger partial charge in [-0.1, -0.05) is 36.4 Å². The molecule has 5 nitrogen and oxygen atoms in total. The van der Waals surface area contributed by atoms with E-state index in [4.69, 9.17) is 0 Å². The molecule has 1 amide bonds. The lowest BCUT2D eigenvalue weighted by molar-refractivity contribution is -0.130. The summed E-state index contributed by atoms with van der Waals surface area (Å²) in [6.45, 7) is 0.608. The van der Waals surface area contributed by atoms with E-state index in [0.29, 0.717) is 6.54 Å². The van der Waals surface area contributed by atoms with Crippen molar-refractivity contribution >= 4 is 38.0 Å². The van der Waals surface area contributed by atoms with Crippen LogP contribution >= 0.6 is 11.3 Å². The number of thiophene rings is 1. The summed E-state index contributed by atoms with van der Waals surface area (Å²) in [6, 6.07) is 16.5. The monoisotopic (exact) mass is 388 g/mol. The first-order chi connectivity index (χ1) is 12.5. The van der Waals surface area contributed by atoms with Gasteiger partial charge in [0.15, 0.2) is 0 Å². The Morgan fingerprint density at radius 2 is 1.85 bits per heavy atom. The summed E-state index contributed by atoms with van der Waals surface area (Å²) >= 11 is 1.59. The molecule has 0 unspecified atom stereocenters. The van der Waals surface area contributed by atoms with Crippen molar-refractivity contribution in [2.45, 2.75) is 17.9 Å². The van der Waals surface area contributed by atoms with Crippen LogP contribution < -0.4 is 4.72 Å². The van der Waals surface area contributed by atoms with Gasteiger partial charge < -0.3 is 4.90 Å². The van der Waals surface area contributed by atoms with Crippen LogP contribution in [0.2, 0.25) is 0 Å². The molecule has 0 aliphatic heterocycles. The van der Waals surface area contributed by atoms with Crippen LogP contribution in [0.4, 0.5) is 0 Å². The first kappa shape index (κ1) is 18.6. The topological polar surface area (TPSA) is 66.5 Å². The van der Waals surface area contributed by atoms with Crippen LogP contribution in [0.3, 0.4) is 0 Å². The number of amides is 1. The molecule has 0 spiro atoms. The number of fused-ring (bicyclic) bond motifs is 1. The number of carbonyl (C=O) groups excluding carboxylic acids is 1. The Hall–Kier alpha value is -2.22. The summed E-state index contributed by atoms with van der Waals surface area (Å²) in [7, 11) is -1.92. The first-order valence-corrected chi connectivity index (χ1v) is 10.6. The van der Waals surface area contributed by atoms with E-state index in [1.54, 1.807) is 41.5 Å². The van der Waals surface area contributed by atoms with Gasteiger partial charge in [0.05, 0.1) is 11.4 Å². The molecule has 0 fully saturated rings. The summed E-state index contributed by atoms with van der Waals surface area (Å²) in [5, 5.41) is 3.81. The fourth-order valence-corrected chi connectivity index (χ4v) is 4.45. The van der Waals surface area contributed by atoms with Gasteiger partial charge in [-0.25, -0.2) is 13.1 Å². The number of benzene rings is 2. The molecule has 0 saturated heterocycles. The molecule has 2 aromatic carbocycles. The smallest absolute Gasteiger partial charge is 0.240 e. The molecule has 1 heterocycles. The average Bonchev–Trinajstić information content (AvgIpc) is 3.14. The highest BCUT2D eigenvalue weighted by Crippen LogP contribution is 2.18. The Labute approximate surface area is 157 Å². The predicted octanol–water partition coefficient (Wildman–Crippen LogP) is 3.23. The van der Waals surface area contributed by atoms with Crippen LogP contribution in [0.25, 0.3) is 10.8 Å². The van der Waals surface area contributed by atoms with Crippen molar-refractivity contribution in [3.63, 3.8) is 0 Å². The molecular formula is C19H20N2O3S2. The zero-order valence-corrected chi connectivity index (χ0v) is 16.0. The SMILES string of the molecule is CN(Cc1cccs1)C(=O)CCNS(=O)(=O)c1ccc2ccccc2c1. The molecule has 26 heavy (non-hydrogen) atoms. The second-order valence-electron chi connectivity index (χ2n) is 5.99. The minimum atomic E-state index is -3.64. The lowest BCUT2D eigenvalue weighted by Crippen LogP contribution is -2.31. The molecule has 0 atom stereocenters. The van der Waals surface area contributed by atoms with Gasteiger partial charge >= 0.3 is 0 Å². The molecule has 0 saturated carbocycles. The van der Waals surface area contributed by atoms with Gasteiger partial charge in [-0.15, -0.1) is 11.3 Å². The minimum absolute atomic E-state index is 0.0722. The van der Waals surface area contributed by atoms with Gasteiger partial charge in [0, 0.05) is 24.9 Å². The third kappa shape index (κ3) is 4.49. The van der Waals surface area contributed by atoms with Crippen LogP contribution in [0.15, 0.2) is 64.9 Å². The number of carbonyl (C=O) groups is 1. The summed E-state index contributed by atoms with van der Waals surface area (Å²) in [5.41, 5.74) is 0. The van der Waals surface area contributed by atoms with Crippen molar-refractivity contribution in [2.75, 3.05) is 13.6 Å². The number of rotatable bonds is 7. The lowest BCUT2D eigenvalue weighted by atomic mass is 10.1. The summed E-state index contributed by atoms with van der Waals surface area (Å²) < 4.78 is 27.4. The van der Waals surface area contributed by atoms with Crippen LogP contribution in [0.1, 0.15) is 11.3 Å². The van der Waals surface area contributed by atoms with E-state index in [0.717, 1.165) is 15.6 Å². The zero-order valence-electron chi connectivity index (χ0n) is 14.4. The minimum Gasteiger partial charge on any atom is -0.341 e. The Morgan fingerprint density at radius 3 is 2.58 bits per heavy atom. The third-order valence-electron chi connectivity index (χ3n) is 4.06. The van der Waals surface area contributed by atoms with Crippen LogP contribution in [0.5, 0.6) is 0 Å². The standard InChI is InChI=1S/C19H20N2O3S2/c1-21(14-17-7-4-12-25-17)19(22)10-11-20-26(23,24)18-9-8-15-5-2-3-6-16(15)13-18/h2-9,12-13,20H,10-11,14H2,1H3. The molecule has 0 radical (unpaired) electrons. The predicted molar refractivity (Wildman–Crippen MR) is 105 cm³/mol. The van der Waals surface area contributed by atoms with E-state index in [9.17, 15) is 13.2 Å². The first-order valence-electron chi connectivity index (χ1n) is 8.20. The molecular weight excluding hydrogens is 368 g/mol. The third-order valence-corrected chi connectivity index (χ3v) is 6.38. The van der Waals surface area contributed by atoms with Gasteiger partial charge in [0.1, 0.15) is 0 Å². The van der Waals surface area contributed by atoms with Crippen molar-refractivity contribution in [3.8, 4) is 0 Å². The fourth-order valence-electron chi connectivity index (χ4n) is 2.63. The van der Waals surface area contributed by atoms with Gasteiger partial charge in [0.25, 0.3) is 0 Å². The second kappa shape index (κ2) is 7.99. The van der Waals surface area contributed by atoms with E-state index < -0.39 is 10.0 Å². The Bertz CT molecular complexity index is 999. The number of sulfonamides is 1. The highest BCUT2D eigenvalue weighted by Gasteiger charge is 2.16. The van der Waals surface area contributed by atoms with Crippen molar-refractivity contribution in [2.24, 2.45) is 0 Å². The molecule has 0 aliphatic rings. The summed E-state index contributed by atoms with van der Waals surface area (Å²) in [5.74, 6) is -0.0976. The van der Waals surface area contributed by atoms with E-state index in [2.05, 4.69) is 4.72 Å². The summed E-state index contributed by atoms with van der Waals surface area (Å²) in [6.07, 6.45) is 0.120. The highest BCUT2D eigenvalue weighted by atomic mass is 32.2. The van der Waals surface area contributed by atoms with Crippen LogP contribution in [0, 0.1) is 0 Å². The fraction of sp³-hybridized carbons (Fsp3) is 0.211. The maximum absolute atomic E-state index is 12.4. The second-order valence-corrected chi connectivity index (χ2v) is 8.79. The number of nitrogens with one attached hydrogen (secondary N) is 1. The largest absolute Gasteiger partial charge is 0.341 e. The van der Waals surface area contributed by atoms with Gasteiger partial charge in [0.2, 0.25) is 15.9 Å². The quantitative estimate of drug-likeness (QED) is 0.676. The van der Waals surface area contributed by atoms with Crippen molar-refractivity contribution in [1.29, 1.82) is 0 Å². The van der Waals surface area contributed by atoms with E-state index in [1.165, 1.54) is 0 Å². The Balaban J connectivity index is 1.58. The molecule has 0 aliphatic carbocycles. The van der Waals surface area contributed by atoms with Crippen LogP contribution in [-0.2, 0) is 21.4 Å². The Morgan fingerprint density at radius 1 is 1.08 bits per heavy atom. The molecule has 0 bridgehead atoms. The highest BCUT2D eigenvalue weighted by molar-refractivity contribution is 7.89. The van der Waals surface area contributed by atoms with Gasteiger partial charge in [-0.05, 0) is 34.4 Å². The average molecular weight is 389 g/mol. The van der Waals surface area contributed by atoms with E-state index in [1.807, 2.05) is 41.8 Å². The number of hydrogen-bond acceptors (Lipinski definition) is 4. The lowest BCUT2D eigenvalue weighted by Gasteiger charge is -2.16. The van der Waals surface area contributed by atoms with E-state index in [-0.39, 0.29) is 23.8 Å². The molecule has 3 aromatic rings. The van der Waals surface area contributed by atoms with Gasteiger partial charge in [-0.2, -0.15) is 0 Å². The zero-order chi connectivity index (χ0) is 18.6. The van der Waals surface area contributed by atoms with Crippen LogP contribution in [-0.4, -0.2) is 32.8 Å². The normalized spacial score (nSPS) is 11.6. The molecule has 1 N–H and O–H groups in total. The van der Waals surface area contributed by atoms with Crippen molar-refractivity contribution in [3.05, 3.63) is 64.9 Å². The van der Waals surface area contributed by atoms with E-state index >= 15 is 0 Å². The maximum Gasteiger partial charge on any atom is 0.240 e. The maximum atomic E-state index is 12.4. The van der Waals surface area contributed by atoms with Gasteiger partial charge in [-0.3, -0.25) is 4.79 Å². The van der Waals surface area contributed by atoms with Crippen molar-refractivity contribution in [1.82, 2.24) is 9.62 Å². The number of hydrogen-bond donors (Lipinski definition) is 1. The summed E-state index contributed by atoms with van der Waals surface area (Å²) in [4.78, 5) is 15.1. The van der Waals surface area contributed by atoms with Crippen molar-refractivity contribution < 1.29 is 13.2 Å². The molecule has 7 heteroatoms. The number of nitrogens with zero attached hydrogens (tertiary/aromatic N) is 1. The Kier molecular flexibility index (Phi) is 5.70.